The van der Waals surface area contributed by atoms with E-state index in [9.17, 15) is 14.0 Å². The van der Waals surface area contributed by atoms with Crippen LogP contribution in [0.5, 0.6) is 0 Å². The third-order valence-electron chi connectivity index (χ3n) is 4.76. The van der Waals surface area contributed by atoms with Crippen molar-refractivity contribution in [3.63, 3.8) is 0 Å². The van der Waals surface area contributed by atoms with Crippen LogP contribution in [0.15, 0.2) is 24.3 Å². The van der Waals surface area contributed by atoms with Crippen LogP contribution >= 0.6 is 11.8 Å². The molecule has 0 saturated carbocycles. The molecule has 1 N–H and O–H groups in total. The zero-order valence-corrected chi connectivity index (χ0v) is 16.5. The highest BCUT2D eigenvalue weighted by Gasteiger charge is 2.32. The van der Waals surface area contributed by atoms with Gasteiger partial charge in [0.25, 0.3) is 0 Å². The fraction of sp³-hybridized carbons (Fsp3) is 0.421. The van der Waals surface area contributed by atoms with Gasteiger partial charge < -0.3 is 15.0 Å². The molecule has 28 heavy (non-hydrogen) atoms. The van der Waals surface area contributed by atoms with Crippen molar-refractivity contribution in [3.05, 3.63) is 41.3 Å². The predicted molar refractivity (Wildman–Crippen MR) is 104 cm³/mol. The van der Waals surface area contributed by atoms with Crippen LogP contribution in [0.4, 0.5) is 10.2 Å². The molecule has 3 heterocycles. The number of anilines is 1. The van der Waals surface area contributed by atoms with Crippen LogP contribution < -0.4 is 5.32 Å². The Hall–Kier alpha value is -2.39. The van der Waals surface area contributed by atoms with Crippen molar-refractivity contribution in [2.24, 2.45) is 0 Å². The molecule has 0 radical (unpaired) electrons. The average molecular weight is 404 g/mol. The molecule has 1 saturated heterocycles. The van der Waals surface area contributed by atoms with Crippen molar-refractivity contribution >= 4 is 29.4 Å². The van der Waals surface area contributed by atoms with E-state index in [0.717, 1.165) is 17.0 Å². The second-order valence-electron chi connectivity index (χ2n) is 7.08. The van der Waals surface area contributed by atoms with E-state index in [1.165, 1.54) is 17.0 Å². The number of thioether (sulfide) groups is 1. The van der Waals surface area contributed by atoms with Gasteiger partial charge in [0.2, 0.25) is 0 Å². The minimum Gasteiger partial charge on any atom is -0.372 e. The summed E-state index contributed by atoms with van der Waals surface area (Å²) in [6.45, 7) is 4.51. The lowest BCUT2D eigenvalue weighted by atomic mass is 10.2. The van der Waals surface area contributed by atoms with Gasteiger partial charge in [-0.15, -0.1) is 0 Å². The molecule has 148 valence electrons. The summed E-state index contributed by atoms with van der Waals surface area (Å²) in [6, 6.07) is 5.86. The maximum absolute atomic E-state index is 13.3. The number of nitrogens with zero attached hydrogens (tertiary/aromatic N) is 3. The molecule has 1 aromatic carbocycles. The Balaban J connectivity index is 1.59. The van der Waals surface area contributed by atoms with Crippen LogP contribution in [0.3, 0.4) is 0 Å². The van der Waals surface area contributed by atoms with Crippen LogP contribution in [-0.2, 0) is 25.8 Å². The number of amides is 2. The Bertz CT molecular complexity index is 905. The number of carbonyl (C=O) groups excluding carboxylic acids is 2. The molecule has 2 aliphatic heterocycles. The third kappa shape index (κ3) is 3.64. The summed E-state index contributed by atoms with van der Waals surface area (Å²) >= 11 is 1.70. The predicted octanol–water partition coefficient (Wildman–Crippen LogP) is 2.33. The zero-order valence-electron chi connectivity index (χ0n) is 15.6. The second-order valence-corrected chi connectivity index (χ2v) is 8.06. The Morgan fingerprint density at radius 3 is 2.54 bits per heavy atom. The van der Waals surface area contributed by atoms with E-state index in [2.05, 4.69) is 10.4 Å². The SMILES string of the molecule is C[C@@H]1CN(C(=O)C(=O)Nc2c3c(nn2-c2ccc(F)cc2)CSC3)C[C@H](C)O1. The first kappa shape index (κ1) is 18.9. The van der Waals surface area contributed by atoms with Gasteiger partial charge in [0, 0.05) is 30.2 Å². The van der Waals surface area contributed by atoms with Crippen LogP contribution in [-0.4, -0.2) is 51.8 Å². The number of fused-ring (bicyclic) bond motifs is 1. The van der Waals surface area contributed by atoms with Gasteiger partial charge in [-0.2, -0.15) is 16.9 Å². The molecule has 2 aliphatic rings. The zero-order chi connectivity index (χ0) is 19.8. The van der Waals surface area contributed by atoms with Gasteiger partial charge in [0.15, 0.2) is 0 Å². The molecule has 0 bridgehead atoms. The molecule has 2 amide bonds. The number of carbonyl (C=O) groups is 2. The third-order valence-corrected chi connectivity index (χ3v) is 5.73. The summed E-state index contributed by atoms with van der Waals surface area (Å²) in [5.41, 5.74) is 2.39. The summed E-state index contributed by atoms with van der Waals surface area (Å²) in [4.78, 5) is 26.9. The molecule has 2 aromatic rings. The van der Waals surface area contributed by atoms with E-state index >= 15 is 0 Å². The molecule has 0 unspecified atom stereocenters. The van der Waals surface area contributed by atoms with Gasteiger partial charge in [-0.05, 0) is 38.1 Å². The van der Waals surface area contributed by atoms with Crippen molar-refractivity contribution in [3.8, 4) is 5.69 Å². The summed E-state index contributed by atoms with van der Waals surface area (Å²) < 4.78 is 20.5. The van der Waals surface area contributed by atoms with Gasteiger partial charge in [-0.25, -0.2) is 9.07 Å². The average Bonchev–Trinajstić information content (AvgIpc) is 3.23. The number of morpholine rings is 1. The Morgan fingerprint density at radius 1 is 1.18 bits per heavy atom. The number of hydrogen-bond acceptors (Lipinski definition) is 5. The largest absolute Gasteiger partial charge is 0.372 e. The van der Waals surface area contributed by atoms with E-state index in [1.807, 2.05) is 13.8 Å². The molecular formula is C19H21FN4O3S. The van der Waals surface area contributed by atoms with Gasteiger partial charge in [-0.3, -0.25) is 9.59 Å². The smallest absolute Gasteiger partial charge is 0.315 e. The fourth-order valence-electron chi connectivity index (χ4n) is 3.56. The highest BCUT2D eigenvalue weighted by atomic mass is 32.2. The van der Waals surface area contributed by atoms with Gasteiger partial charge in [0.05, 0.1) is 23.6 Å². The Kier molecular flexibility index (Phi) is 5.11. The molecular weight excluding hydrogens is 383 g/mol. The summed E-state index contributed by atoms with van der Waals surface area (Å²) in [5.74, 6) is 0.261. The lowest BCUT2D eigenvalue weighted by molar-refractivity contribution is -0.151. The quantitative estimate of drug-likeness (QED) is 0.778. The topological polar surface area (TPSA) is 76.5 Å². The van der Waals surface area contributed by atoms with E-state index < -0.39 is 11.8 Å². The number of nitrogens with one attached hydrogen (secondary N) is 1. The normalized spacial score (nSPS) is 21.5. The van der Waals surface area contributed by atoms with Gasteiger partial charge in [-0.1, -0.05) is 0 Å². The van der Waals surface area contributed by atoms with Crippen LogP contribution in [0.25, 0.3) is 5.69 Å². The summed E-state index contributed by atoms with van der Waals surface area (Å²) in [5, 5.41) is 7.31. The molecule has 1 aromatic heterocycles. The van der Waals surface area contributed by atoms with Crippen molar-refractivity contribution in [1.82, 2.24) is 14.7 Å². The van der Waals surface area contributed by atoms with Crippen molar-refractivity contribution < 1.29 is 18.7 Å². The highest BCUT2D eigenvalue weighted by Crippen LogP contribution is 2.36. The van der Waals surface area contributed by atoms with Crippen LogP contribution in [0.1, 0.15) is 25.1 Å². The van der Waals surface area contributed by atoms with E-state index in [1.54, 1.807) is 28.6 Å². The van der Waals surface area contributed by atoms with Crippen molar-refractivity contribution in [2.75, 3.05) is 18.4 Å². The van der Waals surface area contributed by atoms with Crippen LogP contribution in [0.2, 0.25) is 0 Å². The number of rotatable bonds is 2. The maximum Gasteiger partial charge on any atom is 0.315 e. The minimum absolute atomic E-state index is 0.120. The first-order chi connectivity index (χ1) is 13.4. The van der Waals surface area contributed by atoms with E-state index in [4.69, 9.17) is 4.74 Å². The molecule has 0 spiro atoms. The lowest BCUT2D eigenvalue weighted by Gasteiger charge is -2.34. The van der Waals surface area contributed by atoms with Crippen LogP contribution in [0, 0.1) is 5.82 Å². The Labute approximate surface area is 166 Å². The fourth-order valence-corrected chi connectivity index (χ4v) is 4.59. The number of hydrogen-bond donors (Lipinski definition) is 1. The lowest BCUT2D eigenvalue weighted by Crippen LogP contribution is -2.51. The number of halogens is 1. The molecule has 4 rings (SSSR count). The van der Waals surface area contributed by atoms with Crippen molar-refractivity contribution in [2.45, 2.75) is 37.6 Å². The molecule has 7 nitrogen and oxygen atoms in total. The maximum atomic E-state index is 13.3. The summed E-state index contributed by atoms with van der Waals surface area (Å²) in [6.07, 6.45) is -0.239. The number of benzene rings is 1. The molecule has 2 atom stereocenters. The van der Waals surface area contributed by atoms with E-state index in [0.29, 0.717) is 30.3 Å². The number of ether oxygens (including phenoxy) is 1. The molecule has 1 fully saturated rings. The van der Waals surface area contributed by atoms with Gasteiger partial charge >= 0.3 is 11.8 Å². The van der Waals surface area contributed by atoms with E-state index in [-0.39, 0.29) is 18.0 Å². The second kappa shape index (κ2) is 7.56. The summed E-state index contributed by atoms with van der Waals surface area (Å²) in [7, 11) is 0. The number of aromatic nitrogens is 2. The monoisotopic (exact) mass is 404 g/mol. The van der Waals surface area contributed by atoms with Crippen molar-refractivity contribution in [1.29, 1.82) is 0 Å². The minimum atomic E-state index is -0.704. The van der Waals surface area contributed by atoms with Gasteiger partial charge in [0.1, 0.15) is 11.6 Å². The standard InChI is InChI=1S/C19H21FN4O3S/c1-11-7-23(8-12(2)27-11)19(26)18(25)21-17-15-9-28-10-16(15)22-24(17)14-5-3-13(20)4-6-14/h3-6,11-12H,7-10H2,1-2H3,(H,21,25)/t11-,12+. The molecule has 9 heteroatoms. The first-order valence-electron chi connectivity index (χ1n) is 9.12. The Morgan fingerprint density at radius 2 is 1.86 bits per heavy atom. The highest BCUT2D eigenvalue weighted by molar-refractivity contribution is 7.98. The molecule has 0 aliphatic carbocycles. The first-order valence-corrected chi connectivity index (χ1v) is 10.3.